The molecule has 0 radical (unpaired) electrons. The Morgan fingerprint density at radius 1 is 1.21 bits per heavy atom. The van der Waals surface area contributed by atoms with Crippen molar-refractivity contribution in [2.75, 3.05) is 25.5 Å². The lowest BCUT2D eigenvalue weighted by Crippen LogP contribution is -2.25. The number of alkyl halides is 3. The molecule has 0 amide bonds. The Morgan fingerprint density at radius 2 is 2.00 bits per heavy atom. The van der Waals surface area contributed by atoms with Crippen LogP contribution in [0.5, 0.6) is 0 Å². The van der Waals surface area contributed by atoms with Crippen LogP contribution in [0.4, 0.5) is 23.4 Å². The molecule has 0 saturated carbocycles. The van der Waals surface area contributed by atoms with Gasteiger partial charge in [-0.25, -0.2) is 4.39 Å². The lowest BCUT2D eigenvalue weighted by molar-refractivity contribution is -0.146. The Balaban J connectivity index is 1.54. The standard InChI is InChI=1S/C18H17ClF4N6/c1-28-7-6-11(16(28)10-2-3-12(19)13(20)8-10)9-24-14-4-5-15-25-26-17(18(21,22)23)29(15)27-14/h2-5,8,11,16H,6-7,9H2,1H3,(H,24,27). The average Bonchev–Trinajstić information content (AvgIpc) is 3.25. The fourth-order valence-corrected chi connectivity index (χ4v) is 3.88. The molecule has 1 fully saturated rings. The van der Waals surface area contributed by atoms with Gasteiger partial charge >= 0.3 is 6.18 Å². The molecular formula is C18H17ClF4N6. The zero-order valence-electron chi connectivity index (χ0n) is 15.3. The van der Waals surface area contributed by atoms with E-state index in [9.17, 15) is 17.6 Å². The number of hydrogen-bond donors (Lipinski definition) is 1. The third-order valence-corrected chi connectivity index (χ3v) is 5.43. The summed E-state index contributed by atoms with van der Waals surface area (Å²) in [6, 6.07) is 7.69. The van der Waals surface area contributed by atoms with Crippen LogP contribution in [0.15, 0.2) is 30.3 Å². The van der Waals surface area contributed by atoms with E-state index in [1.807, 2.05) is 7.05 Å². The summed E-state index contributed by atoms with van der Waals surface area (Å²) < 4.78 is 53.7. The molecule has 3 aromatic rings. The molecule has 2 atom stereocenters. The number of anilines is 1. The Hall–Kier alpha value is -2.46. The van der Waals surface area contributed by atoms with Crippen molar-refractivity contribution in [3.63, 3.8) is 0 Å². The van der Waals surface area contributed by atoms with Gasteiger partial charge in [-0.15, -0.1) is 15.3 Å². The van der Waals surface area contributed by atoms with E-state index in [1.54, 1.807) is 12.1 Å². The van der Waals surface area contributed by atoms with Crippen LogP contribution in [0.25, 0.3) is 5.65 Å². The smallest absolute Gasteiger partial charge is 0.368 e. The van der Waals surface area contributed by atoms with Crippen LogP contribution >= 0.6 is 11.6 Å². The van der Waals surface area contributed by atoms with Gasteiger partial charge in [0.1, 0.15) is 11.6 Å². The van der Waals surface area contributed by atoms with E-state index in [-0.39, 0.29) is 28.4 Å². The molecule has 0 bridgehead atoms. The van der Waals surface area contributed by atoms with Gasteiger partial charge in [-0.2, -0.15) is 17.7 Å². The molecule has 3 heterocycles. The van der Waals surface area contributed by atoms with Crippen molar-refractivity contribution in [1.29, 1.82) is 0 Å². The minimum absolute atomic E-state index is 0.0120. The lowest BCUT2D eigenvalue weighted by Gasteiger charge is -2.26. The highest BCUT2D eigenvalue weighted by atomic mass is 35.5. The van der Waals surface area contributed by atoms with Crippen molar-refractivity contribution < 1.29 is 17.6 Å². The fourth-order valence-electron chi connectivity index (χ4n) is 3.76. The second-order valence-corrected chi connectivity index (χ2v) is 7.45. The first-order valence-corrected chi connectivity index (χ1v) is 9.30. The largest absolute Gasteiger partial charge is 0.453 e. The molecule has 1 aliphatic heterocycles. The van der Waals surface area contributed by atoms with Gasteiger partial charge in [-0.1, -0.05) is 17.7 Å². The summed E-state index contributed by atoms with van der Waals surface area (Å²) in [6.07, 6.45) is -3.80. The van der Waals surface area contributed by atoms with E-state index in [0.717, 1.165) is 18.5 Å². The Labute approximate surface area is 168 Å². The Bertz CT molecular complexity index is 1040. The van der Waals surface area contributed by atoms with Gasteiger partial charge in [-0.3, -0.25) is 4.90 Å². The van der Waals surface area contributed by atoms with E-state index in [4.69, 9.17) is 11.6 Å². The summed E-state index contributed by atoms with van der Waals surface area (Å²) in [5.74, 6) is -1.26. The summed E-state index contributed by atoms with van der Waals surface area (Å²) in [5.41, 5.74) is 0.818. The number of nitrogens with one attached hydrogen (secondary N) is 1. The third kappa shape index (κ3) is 3.86. The van der Waals surface area contributed by atoms with Gasteiger partial charge in [0.15, 0.2) is 5.65 Å². The number of hydrogen-bond acceptors (Lipinski definition) is 5. The van der Waals surface area contributed by atoms with Gasteiger partial charge in [0.05, 0.1) is 5.02 Å². The molecular weight excluding hydrogens is 412 g/mol. The molecule has 0 aliphatic carbocycles. The van der Waals surface area contributed by atoms with Gasteiger partial charge in [-0.05, 0) is 55.8 Å². The molecule has 11 heteroatoms. The monoisotopic (exact) mass is 428 g/mol. The summed E-state index contributed by atoms with van der Waals surface area (Å²) in [5, 5.41) is 13.8. The maximum absolute atomic E-state index is 13.9. The van der Waals surface area contributed by atoms with Crippen molar-refractivity contribution >= 4 is 23.1 Å². The predicted octanol–water partition coefficient (Wildman–Crippen LogP) is 4.04. The topological polar surface area (TPSA) is 58.3 Å². The first kappa shape index (κ1) is 19.8. The second kappa shape index (κ2) is 7.42. The highest BCUT2D eigenvalue weighted by Crippen LogP contribution is 2.37. The number of likely N-dealkylation sites (tertiary alicyclic amines) is 1. The molecule has 1 saturated heterocycles. The number of fused-ring (bicyclic) bond motifs is 1. The van der Waals surface area contributed by atoms with Gasteiger partial charge in [0.25, 0.3) is 5.82 Å². The SMILES string of the molecule is CN1CCC(CNc2ccc3nnc(C(F)(F)F)n3n2)C1c1ccc(Cl)c(F)c1. The van der Waals surface area contributed by atoms with Crippen LogP contribution in [-0.2, 0) is 6.18 Å². The fraction of sp³-hybridized carbons (Fsp3) is 0.389. The van der Waals surface area contributed by atoms with E-state index in [2.05, 4.69) is 25.5 Å². The molecule has 2 unspecified atom stereocenters. The van der Waals surface area contributed by atoms with E-state index < -0.39 is 17.8 Å². The first-order chi connectivity index (χ1) is 13.7. The van der Waals surface area contributed by atoms with E-state index >= 15 is 0 Å². The Kier molecular flexibility index (Phi) is 5.07. The van der Waals surface area contributed by atoms with Crippen LogP contribution in [0, 0.1) is 11.7 Å². The Morgan fingerprint density at radius 3 is 2.72 bits per heavy atom. The molecule has 2 aromatic heterocycles. The predicted molar refractivity (Wildman–Crippen MR) is 99.2 cm³/mol. The van der Waals surface area contributed by atoms with Crippen LogP contribution < -0.4 is 5.32 Å². The molecule has 29 heavy (non-hydrogen) atoms. The van der Waals surface area contributed by atoms with E-state index in [1.165, 1.54) is 18.2 Å². The summed E-state index contributed by atoms with van der Waals surface area (Å²) >= 11 is 5.78. The summed E-state index contributed by atoms with van der Waals surface area (Å²) in [6.45, 7) is 1.28. The van der Waals surface area contributed by atoms with Gasteiger partial charge in [0, 0.05) is 12.6 Å². The molecule has 4 rings (SSSR count). The summed E-state index contributed by atoms with van der Waals surface area (Å²) in [4.78, 5) is 2.12. The maximum Gasteiger partial charge on any atom is 0.453 e. The average molecular weight is 429 g/mol. The number of rotatable bonds is 4. The maximum atomic E-state index is 13.9. The number of nitrogens with zero attached hydrogens (tertiary/aromatic N) is 5. The second-order valence-electron chi connectivity index (χ2n) is 7.04. The minimum Gasteiger partial charge on any atom is -0.368 e. The molecule has 0 spiro atoms. The number of halogens is 5. The van der Waals surface area contributed by atoms with Crippen molar-refractivity contribution in [2.45, 2.75) is 18.6 Å². The molecule has 1 N–H and O–H groups in total. The van der Waals surface area contributed by atoms with Crippen LogP contribution in [0.3, 0.4) is 0 Å². The molecule has 6 nitrogen and oxygen atoms in total. The summed E-state index contributed by atoms with van der Waals surface area (Å²) in [7, 11) is 1.95. The van der Waals surface area contributed by atoms with Gasteiger partial charge < -0.3 is 5.32 Å². The van der Waals surface area contributed by atoms with Crippen molar-refractivity contribution in [1.82, 2.24) is 24.7 Å². The molecule has 1 aromatic carbocycles. The number of aromatic nitrogens is 4. The zero-order chi connectivity index (χ0) is 20.8. The molecule has 1 aliphatic rings. The first-order valence-electron chi connectivity index (χ1n) is 8.93. The van der Waals surface area contributed by atoms with E-state index in [0.29, 0.717) is 11.1 Å². The lowest BCUT2D eigenvalue weighted by atomic mass is 9.93. The van der Waals surface area contributed by atoms with Crippen LogP contribution in [-0.4, -0.2) is 44.8 Å². The van der Waals surface area contributed by atoms with Crippen LogP contribution in [0.2, 0.25) is 5.02 Å². The van der Waals surface area contributed by atoms with Crippen molar-refractivity contribution in [3.8, 4) is 0 Å². The van der Waals surface area contributed by atoms with Crippen molar-refractivity contribution in [2.24, 2.45) is 5.92 Å². The minimum atomic E-state index is -4.65. The molecule has 154 valence electrons. The zero-order valence-corrected chi connectivity index (χ0v) is 16.0. The highest BCUT2D eigenvalue weighted by molar-refractivity contribution is 6.30. The quantitative estimate of drug-likeness (QED) is 0.635. The van der Waals surface area contributed by atoms with Gasteiger partial charge in [0.2, 0.25) is 0 Å². The van der Waals surface area contributed by atoms with Crippen LogP contribution in [0.1, 0.15) is 23.9 Å². The third-order valence-electron chi connectivity index (χ3n) is 5.12. The van der Waals surface area contributed by atoms with Crippen molar-refractivity contribution in [3.05, 3.63) is 52.6 Å². The number of benzene rings is 1. The normalized spacial score (nSPS) is 20.5. The highest BCUT2D eigenvalue weighted by Gasteiger charge is 2.38.